The van der Waals surface area contributed by atoms with Crippen molar-refractivity contribution in [2.24, 2.45) is 0 Å². The molecule has 31 heavy (non-hydrogen) atoms. The Morgan fingerprint density at radius 1 is 0.968 bits per heavy atom. The van der Waals surface area contributed by atoms with E-state index in [0.29, 0.717) is 23.4 Å². The van der Waals surface area contributed by atoms with Crippen LogP contribution < -0.4 is 10.6 Å². The minimum absolute atomic E-state index is 0.0298. The van der Waals surface area contributed by atoms with E-state index in [1.807, 2.05) is 0 Å². The third-order valence-electron chi connectivity index (χ3n) is 5.61. The van der Waals surface area contributed by atoms with E-state index in [4.69, 9.17) is 0 Å². The fraction of sp³-hybridized carbons (Fsp3) is 0.391. The summed E-state index contributed by atoms with van der Waals surface area (Å²) in [6, 6.07) is 12.9. The quantitative estimate of drug-likeness (QED) is 0.669. The summed E-state index contributed by atoms with van der Waals surface area (Å²) in [5.41, 5.74) is 1.48. The van der Waals surface area contributed by atoms with Gasteiger partial charge >= 0.3 is 0 Å². The number of sulfonamides is 1. The Balaban J connectivity index is 1.69. The van der Waals surface area contributed by atoms with Gasteiger partial charge in [-0.25, -0.2) is 8.42 Å². The summed E-state index contributed by atoms with van der Waals surface area (Å²) in [4.78, 5) is 24.3. The molecule has 166 valence electrons. The maximum Gasteiger partial charge on any atom is 0.255 e. The number of hydrogen-bond donors (Lipinski definition) is 2. The average molecular weight is 444 g/mol. The minimum atomic E-state index is -3.60. The first-order chi connectivity index (χ1) is 14.8. The summed E-state index contributed by atoms with van der Waals surface area (Å²) in [5.74, 6) is -0.470. The van der Waals surface area contributed by atoms with Crippen LogP contribution in [0.1, 0.15) is 55.8 Å². The molecular formula is C23H29N3O4S. The second kappa shape index (κ2) is 10.1. The second-order valence-corrected chi connectivity index (χ2v) is 9.77. The van der Waals surface area contributed by atoms with Crippen molar-refractivity contribution in [1.82, 2.24) is 4.31 Å². The SMILES string of the molecule is CCC(=O)Nc1cccc(NC(=O)c2ccc(S(=O)(=O)N(C)C3CCCCC3)cc2)c1. The molecular weight excluding hydrogens is 414 g/mol. The first kappa shape index (κ1) is 23.0. The summed E-state index contributed by atoms with van der Waals surface area (Å²) in [5, 5.41) is 5.52. The number of hydrogen-bond acceptors (Lipinski definition) is 4. The number of benzene rings is 2. The molecule has 0 bridgehead atoms. The lowest BCUT2D eigenvalue weighted by molar-refractivity contribution is -0.115. The third-order valence-corrected chi connectivity index (χ3v) is 7.53. The van der Waals surface area contributed by atoms with Crippen LogP contribution in [0.3, 0.4) is 0 Å². The zero-order valence-corrected chi connectivity index (χ0v) is 18.7. The van der Waals surface area contributed by atoms with Crippen molar-refractivity contribution in [3.05, 3.63) is 54.1 Å². The molecule has 2 aromatic carbocycles. The molecule has 0 spiro atoms. The zero-order valence-electron chi connectivity index (χ0n) is 17.9. The van der Waals surface area contributed by atoms with Gasteiger partial charge in [0, 0.05) is 36.4 Å². The Labute approximate surface area is 183 Å². The molecule has 1 saturated carbocycles. The summed E-state index contributed by atoms with van der Waals surface area (Å²) in [6.07, 6.45) is 5.38. The van der Waals surface area contributed by atoms with Gasteiger partial charge in [-0.1, -0.05) is 32.3 Å². The predicted octanol–water partition coefficient (Wildman–Crippen LogP) is 4.24. The number of carbonyl (C=O) groups is 2. The van der Waals surface area contributed by atoms with E-state index in [2.05, 4.69) is 10.6 Å². The number of amides is 2. The van der Waals surface area contributed by atoms with Crippen LogP contribution in [0.4, 0.5) is 11.4 Å². The van der Waals surface area contributed by atoms with Gasteiger partial charge in [0.25, 0.3) is 5.91 Å². The van der Waals surface area contributed by atoms with Crippen molar-refractivity contribution in [1.29, 1.82) is 0 Å². The number of rotatable bonds is 7. The number of nitrogens with zero attached hydrogens (tertiary/aromatic N) is 1. The van der Waals surface area contributed by atoms with Crippen molar-refractivity contribution in [2.45, 2.75) is 56.4 Å². The van der Waals surface area contributed by atoms with E-state index in [9.17, 15) is 18.0 Å². The minimum Gasteiger partial charge on any atom is -0.326 e. The third kappa shape index (κ3) is 5.71. The highest BCUT2D eigenvalue weighted by Gasteiger charge is 2.29. The molecule has 3 rings (SSSR count). The molecule has 1 aliphatic carbocycles. The zero-order chi connectivity index (χ0) is 22.4. The number of nitrogens with one attached hydrogen (secondary N) is 2. The molecule has 0 aliphatic heterocycles. The molecule has 0 saturated heterocycles. The first-order valence-electron chi connectivity index (χ1n) is 10.6. The van der Waals surface area contributed by atoms with Gasteiger partial charge in [-0.05, 0) is 55.3 Å². The van der Waals surface area contributed by atoms with Crippen molar-refractivity contribution in [3.63, 3.8) is 0 Å². The molecule has 2 aromatic rings. The number of carbonyl (C=O) groups excluding carboxylic acids is 2. The van der Waals surface area contributed by atoms with Crippen molar-refractivity contribution in [2.75, 3.05) is 17.7 Å². The smallest absolute Gasteiger partial charge is 0.255 e. The van der Waals surface area contributed by atoms with Crippen molar-refractivity contribution in [3.8, 4) is 0 Å². The van der Waals surface area contributed by atoms with E-state index in [-0.39, 0.29) is 22.8 Å². The number of anilines is 2. The van der Waals surface area contributed by atoms with Crippen LogP contribution in [-0.2, 0) is 14.8 Å². The molecule has 0 heterocycles. The standard InChI is InChI=1S/C23H29N3O4S/c1-3-22(27)24-18-8-7-9-19(16-18)25-23(28)17-12-14-21(15-13-17)31(29,30)26(2)20-10-5-4-6-11-20/h7-9,12-16,20H,3-6,10-11H2,1-2H3,(H,24,27)(H,25,28). The highest BCUT2D eigenvalue weighted by Crippen LogP contribution is 2.26. The van der Waals surface area contributed by atoms with E-state index < -0.39 is 10.0 Å². The molecule has 2 amide bonds. The van der Waals surface area contributed by atoms with E-state index in [1.54, 1.807) is 38.2 Å². The van der Waals surface area contributed by atoms with Crippen LogP contribution in [0.25, 0.3) is 0 Å². The van der Waals surface area contributed by atoms with Crippen LogP contribution in [0.5, 0.6) is 0 Å². The summed E-state index contributed by atoms with van der Waals surface area (Å²) >= 11 is 0. The predicted molar refractivity (Wildman–Crippen MR) is 122 cm³/mol. The summed E-state index contributed by atoms with van der Waals surface area (Å²) in [6.45, 7) is 1.76. The average Bonchev–Trinajstić information content (AvgIpc) is 2.79. The van der Waals surface area contributed by atoms with Gasteiger partial charge in [-0.3, -0.25) is 9.59 Å². The van der Waals surface area contributed by atoms with Gasteiger partial charge in [0.15, 0.2) is 0 Å². The molecule has 1 aliphatic rings. The van der Waals surface area contributed by atoms with Gasteiger partial charge in [0.05, 0.1) is 4.90 Å². The fourth-order valence-electron chi connectivity index (χ4n) is 3.71. The van der Waals surface area contributed by atoms with Gasteiger partial charge < -0.3 is 10.6 Å². The van der Waals surface area contributed by atoms with E-state index in [0.717, 1.165) is 32.1 Å². The highest BCUT2D eigenvalue weighted by atomic mass is 32.2. The van der Waals surface area contributed by atoms with Crippen LogP contribution in [-0.4, -0.2) is 37.6 Å². The van der Waals surface area contributed by atoms with Crippen LogP contribution in [0.15, 0.2) is 53.4 Å². The molecule has 0 radical (unpaired) electrons. The molecule has 7 nitrogen and oxygen atoms in total. The van der Waals surface area contributed by atoms with Gasteiger partial charge in [-0.15, -0.1) is 0 Å². The van der Waals surface area contributed by atoms with E-state index >= 15 is 0 Å². The summed E-state index contributed by atoms with van der Waals surface area (Å²) in [7, 11) is -1.96. The Hall–Kier alpha value is -2.71. The molecule has 0 atom stereocenters. The van der Waals surface area contributed by atoms with Crippen molar-refractivity contribution < 1.29 is 18.0 Å². The largest absolute Gasteiger partial charge is 0.326 e. The van der Waals surface area contributed by atoms with Gasteiger partial charge in [0.1, 0.15) is 0 Å². The fourth-order valence-corrected chi connectivity index (χ4v) is 5.13. The molecule has 2 N–H and O–H groups in total. The topological polar surface area (TPSA) is 95.6 Å². The molecule has 8 heteroatoms. The molecule has 0 unspecified atom stereocenters. The molecule has 0 aromatic heterocycles. The van der Waals surface area contributed by atoms with E-state index in [1.165, 1.54) is 28.6 Å². The van der Waals surface area contributed by atoms with Crippen LogP contribution >= 0.6 is 0 Å². The maximum absolute atomic E-state index is 12.9. The second-order valence-electron chi connectivity index (χ2n) is 7.77. The highest BCUT2D eigenvalue weighted by molar-refractivity contribution is 7.89. The monoisotopic (exact) mass is 443 g/mol. The van der Waals surface area contributed by atoms with Crippen LogP contribution in [0.2, 0.25) is 0 Å². The Morgan fingerprint density at radius 3 is 2.19 bits per heavy atom. The lowest BCUT2D eigenvalue weighted by atomic mass is 9.96. The lowest BCUT2D eigenvalue weighted by Crippen LogP contribution is -2.38. The van der Waals surface area contributed by atoms with Gasteiger partial charge in [-0.2, -0.15) is 4.31 Å². The van der Waals surface area contributed by atoms with Gasteiger partial charge in [0.2, 0.25) is 15.9 Å². The maximum atomic E-state index is 12.9. The Bertz CT molecular complexity index is 1030. The first-order valence-corrected chi connectivity index (χ1v) is 12.0. The lowest BCUT2D eigenvalue weighted by Gasteiger charge is -2.30. The molecule has 1 fully saturated rings. The normalized spacial score (nSPS) is 14.9. The summed E-state index contributed by atoms with van der Waals surface area (Å²) < 4.78 is 27.4. The van der Waals surface area contributed by atoms with Crippen LogP contribution in [0, 0.1) is 0 Å². The van der Waals surface area contributed by atoms with Crippen molar-refractivity contribution >= 4 is 33.2 Å². The Kier molecular flexibility index (Phi) is 7.46. The Morgan fingerprint density at radius 2 is 1.58 bits per heavy atom.